The molecule has 1 aromatic rings. The SMILES string of the molecule is CCCCCCCC[C@H]1CC[C@H](c2ccc(F)cc2)CC1. The summed E-state index contributed by atoms with van der Waals surface area (Å²) in [5.41, 5.74) is 1.34. The summed E-state index contributed by atoms with van der Waals surface area (Å²) in [7, 11) is 0. The van der Waals surface area contributed by atoms with E-state index in [1.807, 2.05) is 12.1 Å². The van der Waals surface area contributed by atoms with E-state index in [0.717, 1.165) is 5.92 Å². The standard InChI is InChI=1S/C20H31F/c1-2-3-4-5-6-7-8-17-9-11-18(12-10-17)19-13-15-20(21)16-14-19/h13-18H,2-12H2,1H3/t17-,18-. The minimum atomic E-state index is -0.115. The molecule has 0 aromatic heterocycles. The molecule has 0 bridgehead atoms. The van der Waals surface area contributed by atoms with E-state index in [1.54, 1.807) is 12.1 Å². The molecule has 1 aliphatic rings. The van der Waals surface area contributed by atoms with Gasteiger partial charge >= 0.3 is 0 Å². The largest absolute Gasteiger partial charge is 0.207 e. The zero-order valence-corrected chi connectivity index (χ0v) is 13.6. The van der Waals surface area contributed by atoms with Crippen molar-refractivity contribution >= 4 is 0 Å². The highest BCUT2D eigenvalue weighted by Gasteiger charge is 2.21. The lowest BCUT2D eigenvalue weighted by Crippen LogP contribution is -2.13. The molecule has 0 N–H and O–H groups in total. The molecule has 0 heterocycles. The highest BCUT2D eigenvalue weighted by Crippen LogP contribution is 2.37. The zero-order valence-electron chi connectivity index (χ0n) is 13.6. The molecule has 118 valence electrons. The third-order valence-electron chi connectivity index (χ3n) is 5.15. The van der Waals surface area contributed by atoms with E-state index >= 15 is 0 Å². The first-order chi connectivity index (χ1) is 10.3. The second kappa shape index (κ2) is 9.23. The first kappa shape index (κ1) is 16.5. The molecule has 2 rings (SSSR count). The van der Waals surface area contributed by atoms with Gasteiger partial charge in [-0.15, -0.1) is 0 Å². The lowest BCUT2D eigenvalue weighted by molar-refractivity contribution is 0.301. The number of unbranched alkanes of at least 4 members (excludes halogenated alkanes) is 5. The van der Waals surface area contributed by atoms with Crippen LogP contribution >= 0.6 is 0 Å². The summed E-state index contributed by atoms with van der Waals surface area (Å²) in [6, 6.07) is 7.18. The van der Waals surface area contributed by atoms with E-state index in [0.29, 0.717) is 5.92 Å². The van der Waals surface area contributed by atoms with Crippen LogP contribution in [0.2, 0.25) is 0 Å². The summed E-state index contributed by atoms with van der Waals surface area (Å²) >= 11 is 0. The van der Waals surface area contributed by atoms with Crippen molar-refractivity contribution in [3.63, 3.8) is 0 Å². The van der Waals surface area contributed by atoms with Gasteiger partial charge in [-0.1, -0.05) is 64.0 Å². The number of rotatable bonds is 8. The molecule has 0 aliphatic heterocycles. The summed E-state index contributed by atoms with van der Waals surface area (Å²) in [4.78, 5) is 0. The molecule has 1 saturated carbocycles. The third kappa shape index (κ3) is 5.80. The van der Waals surface area contributed by atoms with Crippen LogP contribution in [0.15, 0.2) is 24.3 Å². The van der Waals surface area contributed by atoms with Crippen molar-refractivity contribution in [2.45, 2.75) is 83.5 Å². The van der Waals surface area contributed by atoms with Crippen LogP contribution in [0.5, 0.6) is 0 Å². The van der Waals surface area contributed by atoms with Gasteiger partial charge < -0.3 is 0 Å². The van der Waals surface area contributed by atoms with E-state index < -0.39 is 0 Å². The molecule has 0 unspecified atom stereocenters. The average Bonchev–Trinajstić information content (AvgIpc) is 2.52. The summed E-state index contributed by atoms with van der Waals surface area (Å²) in [5.74, 6) is 1.51. The minimum absolute atomic E-state index is 0.115. The highest BCUT2D eigenvalue weighted by atomic mass is 19.1. The van der Waals surface area contributed by atoms with Gasteiger partial charge in [0, 0.05) is 0 Å². The van der Waals surface area contributed by atoms with Crippen LogP contribution < -0.4 is 0 Å². The van der Waals surface area contributed by atoms with Crippen molar-refractivity contribution in [1.29, 1.82) is 0 Å². The normalized spacial score (nSPS) is 22.4. The second-order valence-electron chi connectivity index (χ2n) is 6.83. The molecule has 0 atom stereocenters. The van der Waals surface area contributed by atoms with E-state index in [-0.39, 0.29) is 5.82 Å². The molecule has 0 amide bonds. The Morgan fingerprint density at radius 3 is 2.14 bits per heavy atom. The van der Waals surface area contributed by atoms with Gasteiger partial charge in [0.05, 0.1) is 0 Å². The number of benzene rings is 1. The van der Waals surface area contributed by atoms with Gasteiger partial charge in [-0.3, -0.25) is 0 Å². The summed E-state index contributed by atoms with van der Waals surface area (Å²) in [5, 5.41) is 0. The molecule has 1 aromatic carbocycles. The quantitative estimate of drug-likeness (QED) is 0.459. The van der Waals surface area contributed by atoms with Crippen LogP contribution in [0.25, 0.3) is 0 Å². The summed E-state index contributed by atoms with van der Waals surface area (Å²) < 4.78 is 13.0. The Labute approximate surface area is 130 Å². The van der Waals surface area contributed by atoms with Crippen molar-refractivity contribution < 1.29 is 4.39 Å². The molecule has 0 saturated heterocycles. The van der Waals surface area contributed by atoms with E-state index in [1.165, 1.54) is 76.2 Å². The van der Waals surface area contributed by atoms with Crippen molar-refractivity contribution in [3.8, 4) is 0 Å². The molecule has 1 aliphatic carbocycles. The maximum absolute atomic E-state index is 13.0. The minimum Gasteiger partial charge on any atom is -0.207 e. The molecule has 0 spiro atoms. The lowest BCUT2D eigenvalue weighted by atomic mass is 9.77. The molecule has 1 fully saturated rings. The fraction of sp³-hybridized carbons (Fsp3) is 0.700. The number of hydrogen-bond donors (Lipinski definition) is 0. The predicted molar refractivity (Wildman–Crippen MR) is 89.1 cm³/mol. The van der Waals surface area contributed by atoms with E-state index in [9.17, 15) is 4.39 Å². The van der Waals surface area contributed by atoms with Crippen molar-refractivity contribution in [1.82, 2.24) is 0 Å². The highest BCUT2D eigenvalue weighted by molar-refractivity contribution is 5.20. The van der Waals surface area contributed by atoms with Crippen LogP contribution in [-0.2, 0) is 0 Å². The molecular weight excluding hydrogens is 259 g/mol. The number of hydrogen-bond acceptors (Lipinski definition) is 0. The van der Waals surface area contributed by atoms with Gasteiger partial charge in [-0.25, -0.2) is 4.39 Å². The molecule has 0 radical (unpaired) electrons. The molecule has 0 nitrogen and oxygen atoms in total. The fourth-order valence-electron chi connectivity index (χ4n) is 3.73. The Kier molecular flexibility index (Phi) is 7.26. The van der Waals surface area contributed by atoms with Crippen LogP contribution in [0, 0.1) is 11.7 Å². The maximum atomic E-state index is 13.0. The van der Waals surface area contributed by atoms with Crippen LogP contribution in [0.4, 0.5) is 4.39 Å². The second-order valence-corrected chi connectivity index (χ2v) is 6.83. The summed E-state index contributed by atoms with van der Waals surface area (Å²) in [6.07, 6.45) is 15.2. The summed E-state index contributed by atoms with van der Waals surface area (Å²) in [6.45, 7) is 2.28. The smallest absolute Gasteiger partial charge is 0.123 e. The number of halogens is 1. The van der Waals surface area contributed by atoms with Crippen LogP contribution in [0.3, 0.4) is 0 Å². The van der Waals surface area contributed by atoms with Crippen molar-refractivity contribution in [3.05, 3.63) is 35.6 Å². The van der Waals surface area contributed by atoms with E-state index in [2.05, 4.69) is 6.92 Å². The van der Waals surface area contributed by atoms with Crippen LogP contribution in [-0.4, -0.2) is 0 Å². The zero-order chi connectivity index (χ0) is 14.9. The third-order valence-corrected chi connectivity index (χ3v) is 5.15. The fourth-order valence-corrected chi connectivity index (χ4v) is 3.73. The Balaban J connectivity index is 1.61. The Hall–Kier alpha value is -0.850. The molecule has 21 heavy (non-hydrogen) atoms. The Morgan fingerprint density at radius 1 is 0.857 bits per heavy atom. The Morgan fingerprint density at radius 2 is 1.48 bits per heavy atom. The monoisotopic (exact) mass is 290 g/mol. The maximum Gasteiger partial charge on any atom is 0.123 e. The van der Waals surface area contributed by atoms with Crippen molar-refractivity contribution in [2.75, 3.05) is 0 Å². The van der Waals surface area contributed by atoms with Gasteiger partial charge in [0.15, 0.2) is 0 Å². The average molecular weight is 290 g/mol. The predicted octanol–water partition coefficient (Wildman–Crippen LogP) is 6.85. The van der Waals surface area contributed by atoms with Gasteiger partial charge in [-0.2, -0.15) is 0 Å². The van der Waals surface area contributed by atoms with Crippen LogP contribution in [0.1, 0.15) is 89.0 Å². The van der Waals surface area contributed by atoms with Gasteiger partial charge in [0.25, 0.3) is 0 Å². The van der Waals surface area contributed by atoms with Gasteiger partial charge in [0.2, 0.25) is 0 Å². The van der Waals surface area contributed by atoms with E-state index in [4.69, 9.17) is 0 Å². The molecular formula is C20H31F. The van der Waals surface area contributed by atoms with Gasteiger partial charge in [0.1, 0.15) is 5.82 Å². The first-order valence-corrected chi connectivity index (χ1v) is 9.05. The lowest BCUT2D eigenvalue weighted by Gasteiger charge is -2.28. The Bertz CT molecular complexity index is 373. The topological polar surface area (TPSA) is 0 Å². The van der Waals surface area contributed by atoms with Crippen molar-refractivity contribution in [2.24, 2.45) is 5.92 Å². The molecule has 1 heteroatoms. The van der Waals surface area contributed by atoms with Gasteiger partial charge in [-0.05, 0) is 55.2 Å². The first-order valence-electron chi connectivity index (χ1n) is 9.05.